The molecule has 2 unspecified atom stereocenters. The Morgan fingerprint density at radius 3 is 2.62 bits per heavy atom. The SMILES string of the molecule is CC1CN(C(=O)CSC(C)(C)C)C(C)CN1. The zero-order valence-electron chi connectivity index (χ0n) is 11.0. The summed E-state index contributed by atoms with van der Waals surface area (Å²) in [6.45, 7) is 12.4. The summed E-state index contributed by atoms with van der Waals surface area (Å²) in [5.74, 6) is 0.876. The van der Waals surface area contributed by atoms with Crippen molar-refractivity contribution in [1.29, 1.82) is 0 Å². The highest BCUT2D eigenvalue weighted by molar-refractivity contribution is 8.01. The molecule has 1 amide bonds. The van der Waals surface area contributed by atoms with Gasteiger partial charge in [-0.1, -0.05) is 20.8 Å². The Bertz CT molecular complexity index is 250. The van der Waals surface area contributed by atoms with Gasteiger partial charge in [0.1, 0.15) is 0 Å². The van der Waals surface area contributed by atoms with Crippen LogP contribution in [-0.4, -0.2) is 46.5 Å². The van der Waals surface area contributed by atoms with Crippen molar-refractivity contribution in [2.45, 2.75) is 51.4 Å². The van der Waals surface area contributed by atoms with E-state index in [9.17, 15) is 4.79 Å². The molecule has 0 bridgehead atoms. The molecule has 0 aliphatic carbocycles. The van der Waals surface area contributed by atoms with Crippen LogP contribution < -0.4 is 5.32 Å². The molecule has 1 heterocycles. The van der Waals surface area contributed by atoms with Crippen LogP contribution in [-0.2, 0) is 4.79 Å². The molecule has 0 radical (unpaired) electrons. The predicted molar refractivity (Wildman–Crippen MR) is 70.9 cm³/mol. The van der Waals surface area contributed by atoms with Crippen molar-refractivity contribution in [3.63, 3.8) is 0 Å². The van der Waals surface area contributed by atoms with Crippen LogP contribution in [0.15, 0.2) is 0 Å². The highest BCUT2D eigenvalue weighted by Gasteiger charge is 2.27. The lowest BCUT2D eigenvalue weighted by Crippen LogP contribution is -2.56. The Hall–Kier alpha value is -0.220. The molecule has 16 heavy (non-hydrogen) atoms. The molecule has 1 N–H and O–H groups in total. The summed E-state index contributed by atoms with van der Waals surface area (Å²) in [4.78, 5) is 14.1. The average molecular weight is 244 g/mol. The van der Waals surface area contributed by atoms with Gasteiger partial charge in [-0.25, -0.2) is 0 Å². The van der Waals surface area contributed by atoms with E-state index in [1.165, 1.54) is 0 Å². The standard InChI is InChI=1S/C12H24N2OS/c1-9-7-14(10(2)6-13-9)11(15)8-16-12(3,4)5/h9-10,13H,6-8H2,1-5H3. The van der Waals surface area contributed by atoms with Gasteiger partial charge in [0.25, 0.3) is 0 Å². The Morgan fingerprint density at radius 2 is 2.06 bits per heavy atom. The molecule has 3 nitrogen and oxygen atoms in total. The fourth-order valence-electron chi connectivity index (χ4n) is 1.73. The van der Waals surface area contributed by atoms with E-state index in [1.54, 1.807) is 11.8 Å². The molecule has 1 aliphatic heterocycles. The Kier molecular flexibility index (Phi) is 4.68. The summed E-state index contributed by atoms with van der Waals surface area (Å²) >= 11 is 1.73. The van der Waals surface area contributed by atoms with Gasteiger partial charge in [0.15, 0.2) is 0 Å². The molecule has 0 aromatic rings. The van der Waals surface area contributed by atoms with E-state index in [2.05, 4.69) is 39.9 Å². The first-order valence-corrected chi connectivity index (χ1v) is 6.95. The van der Waals surface area contributed by atoms with E-state index in [4.69, 9.17) is 0 Å². The van der Waals surface area contributed by atoms with Crippen LogP contribution in [0.2, 0.25) is 0 Å². The van der Waals surface area contributed by atoms with Gasteiger partial charge in [0.05, 0.1) is 5.75 Å². The fourth-order valence-corrected chi connectivity index (χ4v) is 2.45. The van der Waals surface area contributed by atoms with E-state index in [0.29, 0.717) is 17.8 Å². The van der Waals surface area contributed by atoms with Crippen LogP contribution in [0.4, 0.5) is 0 Å². The topological polar surface area (TPSA) is 32.3 Å². The number of hydrogen-bond acceptors (Lipinski definition) is 3. The number of carbonyl (C=O) groups is 1. The van der Waals surface area contributed by atoms with Crippen LogP contribution in [0, 0.1) is 0 Å². The summed E-state index contributed by atoms with van der Waals surface area (Å²) in [6.07, 6.45) is 0. The van der Waals surface area contributed by atoms with Crippen molar-refractivity contribution in [2.24, 2.45) is 0 Å². The second-order valence-electron chi connectivity index (χ2n) is 5.61. The van der Waals surface area contributed by atoms with Gasteiger partial charge in [0.2, 0.25) is 5.91 Å². The fraction of sp³-hybridized carbons (Fsp3) is 0.917. The number of nitrogens with one attached hydrogen (secondary N) is 1. The molecule has 0 spiro atoms. The van der Waals surface area contributed by atoms with Gasteiger partial charge in [-0.05, 0) is 13.8 Å². The van der Waals surface area contributed by atoms with Gasteiger partial charge < -0.3 is 10.2 Å². The maximum absolute atomic E-state index is 12.1. The van der Waals surface area contributed by atoms with E-state index < -0.39 is 0 Å². The zero-order chi connectivity index (χ0) is 12.3. The Balaban J connectivity index is 2.46. The van der Waals surface area contributed by atoms with Crippen LogP contribution in [0.5, 0.6) is 0 Å². The maximum Gasteiger partial charge on any atom is 0.232 e. The third kappa shape index (κ3) is 4.34. The molecule has 0 aromatic heterocycles. The third-order valence-corrected chi connectivity index (χ3v) is 3.97. The van der Waals surface area contributed by atoms with E-state index in [1.807, 2.05) is 4.90 Å². The maximum atomic E-state index is 12.1. The molecule has 2 atom stereocenters. The number of hydrogen-bond donors (Lipinski definition) is 1. The van der Waals surface area contributed by atoms with Crippen molar-refractivity contribution in [1.82, 2.24) is 10.2 Å². The molecule has 0 saturated carbocycles. The first-order chi connectivity index (χ1) is 7.29. The number of rotatable bonds is 2. The number of thioether (sulfide) groups is 1. The summed E-state index contributed by atoms with van der Waals surface area (Å²) in [7, 11) is 0. The first kappa shape index (κ1) is 13.8. The molecule has 4 heteroatoms. The summed E-state index contributed by atoms with van der Waals surface area (Å²) < 4.78 is 0.165. The van der Waals surface area contributed by atoms with Crippen LogP contribution >= 0.6 is 11.8 Å². The molecular formula is C12H24N2OS. The summed E-state index contributed by atoms with van der Waals surface area (Å²) in [5.41, 5.74) is 0. The number of nitrogens with zero attached hydrogens (tertiary/aromatic N) is 1. The summed E-state index contributed by atoms with van der Waals surface area (Å²) in [6, 6.07) is 0.740. The highest BCUT2D eigenvalue weighted by atomic mass is 32.2. The minimum atomic E-state index is 0.165. The van der Waals surface area contributed by atoms with Crippen molar-refractivity contribution in [2.75, 3.05) is 18.8 Å². The van der Waals surface area contributed by atoms with E-state index >= 15 is 0 Å². The largest absolute Gasteiger partial charge is 0.336 e. The molecular weight excluding hydrogens is 220 g/mol. The van der Waals surface area contributed by atoms with Crippen LogP contribution in [0.25, 0.3) is 0 Å². The molecule has 1 aliphatic rings. The number of piperazine rings is 1. The Morgan fingerprint density at radius 1 is 1.44 bits per heavy atom. The number of amides is 1. The van der Waals surface area contributed by atoms with Gasteiger partial charge >= 0.3 is 0 Å². The highest BCUT2D eigenvalue weighted by Crippen LogP contribution is 2.23. The lowest BCUT2D eigenvalue weighted by atomic mass is 10.1. The lowest BCUT2D eigenvalue weighted by molar-refractivity contribution is -0.131. The predicted octanol–water partition coefficient (Wildman–Crippen LogP) is 1.73. The lowest BCUT2D eigenvalue weighted by Gasteiger charge is -2.38. The molecule has 94 valence electrons. The minimum absolute atomic E-state index is 0.165. The monoisotopic (exact) mass is 244 g/mol. The quantitative estimate of drug-likeness (QED) is 0.803. The van der Waals surface area contributed by atoms with Gasteiger partial charge in [-0.15, -0.1) is 11.8 Å². The van der Waals surface area contributed by atoms with Gasteiger partial charge in [-0.3, -0.25) is 4.79 Å². The van der Waals surface area contributed by atoms with Crippen LogP contribution in [0.1, 0.15) is 34.6 Å². The second-order valence-corrected chi connectivity index (χ2v) is 7.41. The van der Waals surface area contributed by atoms with Crippen molar-refractivity contribution >= 4 is 17.7 Å². The van der Waals surface area contributed by atoms with Gasteiger partial charge in [0, 0.05) is 29.9 Å². The van der Waals surface area contributed by atoms with Crippen molar-refractivity contribution in [3.8, 4) is 0 Å². The molecule has 0 aromatic carbocycles. The number of carbonyl (C=O) groups excluding carboxylic acids is 1. The van der Waals surface area contributed by atoms with Crippen molar-refractivity contribution < 1.29 is 4.79 Å². The second kappa shape index (κ2) is 5.41. The minimum Gasteiger partial charge on any atom is -0.336 e. The molecule has 1 fully saturated rings. The van der Waals surface area contributed by atoms with Crippen molar-refractivity contribution in [3.05, 3.63) is 0 Å². The zero-order valence-corrected chi connectivity index (χ0v) is 11.9. The molecule has 1 rings (SSSR count). The normalized spacial score (nSPS) is 26.9. The first-order valence-electron chi connectivity index (χ1n) is 5.96. The smallest absolute Gasteiger partial charge is 0.232 e. The molecule has 1 saturated heterocycles. The van der Waals surface area contributed by atoms with E-state index in [0.717, 1.165) is 13.1 Å². The van der Waals surface area contributed by atoms with Crippen LogP contribution in [0.3, 0.4) is 0 Å². The van der Waals surface area contributed by atoms with E-state index in [-0.39, 0.29) is 10.7 Å². The Labute approximate surface area is 103 Å². The third-order valence-electron chi connectivity index (χ3n) is 2.71. The summed E-state index contributed by atoms with van der Waals surface area (Å²) in [5, 5.41) is 3.39. The average Bonchev–Trinajstić information content (AvgIpc) is 2.17. The van der Waals surface area contributed by atoms with Gasteiger partial charge in [-0.2, -0.15) is 0 Å².